The fourth-order valence-corrected chi connectivity index (χ4v) is 0.978. The highest BCUT2D eigenvalue weighted by atomic mass is 16.6. The van der Waals surface area contributed by atoms with Crippen molar-refractivity contribution in [2.24, 2.45) is 10.9 Å². The highest BCUT2D eigenvalue weighted by Crippen LogP contribution is 2.06. The normalized spacial score (nSPS) is 14.6. The third-order valence-corrected chi connectivity index (χ3v) is 1.83. The molecule has 8 heteroatoms. The van der Waals surface area contributed by atoms with Gasteiger partial charge in [-0.3, -0.25) is 14.9 Å². The van der Waals surface area contributed by atoms with Crippen LogP contribution in [0.1, 0.15) is 6.92 Å². The summed E-state index contributed by atoms with van der Waals surface area (Å²) in [4.78, 5) is 20.8. The Labute approximate surface area is 91.5 Å². The molecule has 8 nitrogen and oxygen atoms in total. The van der Waals surface area contributed by atoms with Crippen LogP contribution in [0.5, 0.6) is 0 Å². The van der Waals surface area contributed by atoms with Gasteiger partial charge in [-0.2, -0.15) is 0 Å². The van der Waals surface area contributed by atoms with E-state index in [1.54, 1.807) is 0 Å². The predicted octanol–water partition coefficient (Wildman–Crippen LogP) is -0.460. The molecule has 0 radical (unpaired) electrons. The van der Waals surface area contributed by atoms with Gasteiger partial charge in [0.15, 0.2) is 5.71 Å². The van der Waals surface area contributed by atoms with Gasteiger partial charge in [0.2, 0.25) is 0 Å². The van der Waals surface area contributed by atoms with Crippen LogP contribution in [-0.2, 0) is 9.53 Å². The van der Waals surface area contributed by atoms with Crippen molar-refractivity contribution in [3.8, 4) is 0 Å². The molecule has 3 N–H and O–H groups in total. The summed E-state index contributed by atoms with van der Waals surface area (Å²) in [7, 11) is 1.32. The number of nitrogens with two attached hydrogens (primary N) is 1. The number of carbonyl (C=O) groups excluding carboxylic acids is 1. The molecule has 0 aliphatic rings. The van der Waals surface area contributed by atoms with Crippen molar-refractivity contribution in [1.29, 1.82) is 0 Å². The third-order valence-electron chi connectivity index (χ3n) is 1.83. The number of amides is 1. The number of methoxy groups -OCH3 is 1. The number of nitrogens with zero attached hydrogens (tertiary/aromatic N) is 2. The number of oxime groups is 1. The van der Waals surface area contributed by atoms with Crippen LogP contribution in [0.15, 0.2) is 16.8 Å². The maximum Gasteiger partial charge on any atom is 0.270 e. The minimum Gasteiger partial charge on any atom is -0.410 e. The smallest absolute Gasteiger partial charge is 0.270 e. The van der Waals surface area contributed by atoms with Crippen LogP contribution in [0, 0.1) is 10.1 Å². The van der Waals surface area contributed by atoms with E-state index < -0.39 is 22.6 Å². The molecule has 0 heterocycles. The van der Waals surface area contributed by atoms with Gasteiger partial charge in [-0.1, -0.05) is 5.16 Å². The van der Waals surface area contributed by atoms with Gasteiger partial charge in [-0.05, 0) is 13.0 Å². The first-order chi connectivity index (χ1) is 7.43. The molecule has 0 aromatic heterocycles. The number of ether oxygens (including phenoxy) is 1. The number of hydrogen-bond acceptors (Lipinski definition) is 6. The SMILES string of the molecule is COCC(C(C)=CC(=NO)C(N)=O)[N+](=O)[O-]. The van der Waals surface area contributed by atoms with Gasteiger partial charge in [-0.15, -0.1) is 0 Å². The Kier molecular flexibility index (Phi) is 5.71. The maximum absolute atomic E-state index is 10.7. The van der Waals surface area contributed by atoms with Crippen LogP contribution in [0.2, 0.25) is 0 Å². The molecule has 1 amide bonds. The van der Waals surface area contributed by atoms with Gasteiger partial charge in [0.05, 0.1) is 0 Å². The molecule has 0 aliphatic heterocycles. The van der Waals surface area contributed by atoms with Crippen LogP contribution in [0.3, 0.4) is 0 Å². The second kappa shape index (κ2) is 6.51. The lowest BCUT2D eigenvalue weighted by molar-refractivity contribution is -0.515. The largest absolute Gasteiger partial charge is 0.410 e. The summed E-state index contributed by atoms with van der Waals surface area (Å²) in [6.45, 7) is 1.27. The van der Waals surface area contributed by atoms with Gasteiger partial charge in [0, 0.05) is 17.6 Å². The lowest BCUT2D eigenvalue weighted by Gasteiger charge is -2.08. The van der Waals surface area contributed by atoms with E-state index in [0.717, 1.165) is 6.08 Å². The van der Waals surface area contributed by atoms with Crippen molar-refractivity contribution in [3.05, 3.63) is 21.8 Å². The quantitative estimate of drug-likeness (QED) is 0.276. The number of rotatable bonds is 6. The van der Waals surface area contributed by atoms with E-state index in [4.69, 9.17) is 10.9 Å². The molecular formula is C8H13N3O5. The Hall–Kier alpha value is -1.96. The Morgan fingerprint density at radius 2 is 2.31 bits per heavy atom. The summed E-state index contributed by atoms with van der Waals surface area (Å²) < 4.78 is 4.66. The average Bonchev–Trinajstić information content (AvgIpc) is 2.21. The molecule has 90 valence electrons. The summed E-state index contributed by atoms with van der Waals surface area (Å²) in [6.07, 6.45) is 1.05. The molecule has 0 bridgehead atoms. The van der Waals surface area contributed by atoms with E-state index in [-0.39, 0.29) is 12.2 Å². The molecule has 0 saturated heterocycles. The molecule has 0 spiro atoms. The van der Waals surface area contributed by atoms with Crippen molar-refractivity contribution >= 4 is 11.6 Å². The lowest BCUT2D eigenvalue weighted by Crippen LogP contribution is -2.28. The van der Waals surface area contributed by atoms with Crippen molar-refractivity contribution < 1.29 is 19.7 Å². The highest BCUT2D eigenvalue weighted by Gasteiger charge is 2.23. The van der Waals surface area contributed by atoms with Crippen molar-refractivity contribution in [3.63, 3.8) is 0 Å². The van der Waals surface area contributed by atoms with Gasteiger partial charge in [0.25, 0.3) is 11.9 Å². The van der Waals surface area contributed by atoms with Gasteiger partial charge in [-0.25, -0.2) is 0 Å². The Morgan fingerprint density at radius 1 is 1.75 bits per heavy atom. The van der Waals surface area contributed by atoms with E-state index in [1.807, 2.05) is 0 Å². The summed E-state index contributed by atoms with van der Waals surface area (Å²) in [5, 5.41) is 21.7. The molecular weight excluding hydrogens is 218 g/mol. The molecule has 16 heavy (non-hydrogen) atoms. The minimum atomic E-state index is -1.11. The second-order valence-corrected chi connectivity index (χ2v) is 2.99. The molecule has 0 aromatic carbocycles. The molecule has 1 atom stereocenters. The maximum atomic E-state index is 10.7. The van der Waals surface area contributed by atoms with E-state index in [0.29, 0.717) is 0 Å². The Bertz CT molecular complexity index is 337. The fraction of sp³-hybridized carbons (Fsp3) is 0.500. The summed E-state index contributed by atoms with van der Waals surface area (Å²) in [5.41, 5.74) is 4.63. The van der Waals surface area contributed by atoms with Crippen LogP contribution < -0.4 is 5.73 Å². The lowest BCUT2D eigenvalue weighted by atomic mass is 10.1. The van der Waals surface area contributed by atoms with Crippen LogP contribution in [0.4, 0.5) is 0 Å². The van der Waals surface area contributed by atoms with Gasteiger partial charge >= 0.3 is 0 Å². The third kappa shape index (κ3) is 4.05. The van der Waals surface area contributed by atoms with E-state index >= 15 is 0 Å². The number of nitro groups is 1. The zero-order chi connectivity index (χ0) is 12.7. The minimum absolute atomic E-state index is 0.146. The number of primary amides is 1. The molecule has 0 saturated carbocycles. The predicted molar refractivity (Wildman–Crippen MR) is 54.8 cm³/mol. The summed E-state index contributed by atoms with van der Waals surface area (Å²) in [6, 6.07) is -1.11. The summed E-state index contributed by atoms with van der Waals surface area (Å²) >= 11 is 0. The van der Waals surface area contributed by atoms with Gasteiger partial charge in [0.1, 0.15) is 6.61 Å². The first-order valence-electron chi connectivity index (χ1n) is 4.26. The monoisotopic (exact) mass is 231 g/mol. The van der Waals surface area contributed by atoms with Crippen molar-refractivity contribution in [2.45, 2.75) is 13.0 Å². The molecule has 1 unspecified atom stereocenters. The molecule has 0 aromatic rings. The molecule has 0 fully saturated rings. The zero-order valence-electron chi connectivity index (χ0n) is 8.91. The number of carbonyl (C=O) groups is 1. The van der Waals surface area contributed by atoms with E-state index in [1.165, 1.54) is 14.0 Å². The van der Waals surface area contributed by atoms with E-state index in [2.05, 4.69) is 9.89 Å². The topological polar surface area (TPSA) is 128 Å². The zero-order valence-corrected chi connectivity index (χ0v) is 8.91. The molecule has 0 rings (SSSR count). The number of hydrogen-bond donors (Lipinski definition) is 2. The van der Waals surface area contributed by atoms with Gasteiger partial charge < -0.3 is 15.7 Å². The van der Waals surface area contributed by atoms with Crippen LogP contribution >= 0.6 is 0 Å². The highest BCUT2D eigenvalue weighted by molar-refractivity contribution is 6.42. The Balaban J connectivity index is 4.98. The Morgan fingerprint density at radius 3 is 2.62 bits per heavy atom. The first kappa shape index (κ1) is 14.0. The summed E-state index contributed by atoms with van der Waals surface area (Å²) in [5.74, 6) is -0.971. The van der Waals surface area contributed by atoms with Crippen LogP contribution in [-0.4, -0.2) is 41.5 Å². The molecule has 0 aliphatic carbocycles. The van der Waals surface area contributed by atoms with Crippen molar-refractivity contribution in [1.82, 2.24) is 0 Å². The fourth-order valence-electron chi connectivity index (χ4n) is 0.978. The standard InChI is InChI=1S/C8H13N3O5/c1-5(3-6(10-13)8(9)12)7(4-16-2)11(14)15/h3,7,13H,4H2,1-2H3,(H2,9,12). The second-order valence-electron chi connectivity index (χ2n) is 2.99. The first-order valence-corrected chi connectivity index (χ1v) is 4.26. The average molecular weight is 231 g/mol. The van der Waals surface area contributed by atoms with E-state index in [9.17, 15) is 14.9 Å². The van der Waals surface area contributed by atoms with Crippen LogP contribution in [0.25, 0.3) is 0 Å². The van der Waals surface area contributed by atoms with Crippen molar-refractivity contribution in [2.75, 3.05) is 13.7 Å².